The zero-order chi connectivity index (χ0) is 22.7. The van der Waals surface area contributed by atoms with Crippen molar-refractivity contribution >= 4 is 43.6 Å². The number of pyridine rings is 2. The Bertz CT molecular complexity index is 1350. The van der Waals surface area contributed by atoms with Gasteiger partial charge in [-0.2, -0.15) is 0 Å². The Morgan fingerprint density at radius 2 is 0.853 bits per heavy atom. The van der Waals surface area contributed by atoms with Gasteiger partial charge in [0.1, 0.15) is 0 Å². The molecule has 2 aromatic carbocycles. The Labute approximate surface area is 199 Å². The number of rotatable bonds is 9. The quantitative estimate of drug-likeness (QED) is 0.213. The highest BCUT2D eigenvalue weighted by molar-refractivity contribution is 6.08. The first-order valence-corrected chi connectivity index (χ1v) is 12.5. The van der Waals surface area contributed by atoms with Crippen molar-refractivity contribution in [2.24, 2.45) is 0 Å². The second-order valence-corrected chi connectivity index (χ2v) is 9.24. The Hall–Kier alpha value is -3.66. The number of nitrogens with zero attached hydrogens (tertiary/aromatic N) is 4. The molecule has 6 rings (SSSR count). The molecule has 0 aliphatic rings. The summed E-state index contributed by atoms with van der Waals surface area (Å²) in [4.78, 5) is 8.76. The van der Waals surface area contributed by atoms with Crippen LogP contribution in [0.1, 0.15) is 38.5 Å². The Morgan fingerprint density at radius 1 is 0.441 bits per heavy atom. The molecule has 0 saturated heterocycles. The van der Waals surface area contributed by atoms with E-state index in [1.54, 1.807) is 0 Å². The first-order valence-electron chi connectivity index (χ1n) is 12.5. The second kappa shape index (κ2) is 9.30. The van der Waals surface area contributed by atoms with E-state index in [0.29, 0.717) is 0 Å². The van der Waals surface area contributed by atoms with E-state index < -0.39 is 0 Å². The molecule has 0 amide bonds. The lowest BCUT2D eigenvalue weighted by atomic mass is 10.1. The number of para-hydroxylation sites is 2. The molecule has 0 bridgehead atoms. The van der Waals surface area contributed by atoms with Crippen LogP contribution in [-0.2, 0) is 13.1 Å². The van der Waals surface area contributed by atoms with Crippen molar-refractivity contribution in [3.05, 3.63) is 85.5 Å². The predicted molar refractivity (Wildman–Crippen MR) is 142 cm³/mol. The van der Waals surface area contributed by atoms with Gasteiger partial charge >= 0.3 is 0 Å². The zero-order valence-corrected chi connectivity index (χ0v) is 19.5. The van der Waals surface area contributed by atoms with Crippen LogP contribution in [0, 0.1) is 0 Å². The van der Waals surface area contributed by atoms with E-state index in [1.165, 1.54) is 82.1 Å². The van der Waals surface area contributed by atoms with Gasteiger partial charge in [0.05, 0.1) is 23.4 Å². The Kier molecular flexibility index (Phi) is 5.72. The van der Waals surface area contributed by atoms with Crippen molar-refractivity contribution in [2.75, 3.05) is 0 Å². The summed E-state index contributed by atoms with van der Waals surface area (Å²) in [5, 5.41) is 5.29. The summed E-state index contributed by atoms with van der Waals surface area (Å²) >= 11 is 0. The summed E-state index contributed by atoms with van der Waals surface area (Å²) in [6.45, 7) is 2.12. The normalized spacial score (nSPS) is 11.9. The Balaban J connectivity index is 1.02. The SMILES string of the molecule is c1ccc2c(c1)c1ccncc1n2CCCCCCCCn1c2ccccc2c2ccncc21. The van der Waals surface area contributed by atoms with E-state index in [9.17, 15) is 0 Å². The third kappa shape index (κ3) is 3.73. The van der Waals surface area contributed by atoms with Gasteiger partial charge in [0.2, 0.25) is 0 Å². The van der Waals surface area contributed by atoms with Gasteiger partial charge in [-0.3, -0.25) is 9.97 Å². The highest BCUT2D eigenvalue weighted by Crippen LogP contribution is 2.30. The van der Waals surface area contributed by atoms with Crippen molar-refractivity contribution < 1.29 is 0 Å². The first-order chi connectivity index (χ1) is 16.9. The molecule has 0 N–H and O–H groups in total. The molecular weight excluding hydrogens is 416 g/mol. The van der Waals surface area contributed by atoms with Crippen molar-refractivity contribution in [3.8, 4) is 0 Å². The number of aryl methyl sites for hydroxylation is 2. The van der Waals surface area contributed by atoms with Gasteiger partial charge in [-0.15, -0.1) is 0 Å². The van der Waals surface area contributed by atoms with Gasteiger partial charge in [-0.1, -0.05) is 62.1 Å². The predicted octanol–water partition coefficient (Wildman–Crippen LogP) is 7.73. The van der Waals surface area contributed by atoms with Gasteiger partial charge in [0.15, 0.2) is 0 Å². The summed E-state index contributed by atoms with van der Waals surface area (Å²) in [6, 6.07) is 21.7. The number of benzene rings is 2. The van der Waals surface area contributed by atoms with Crippen LogP contribution in [0.25, 0.3) is 43.6 Å². The van der Waals surface area contributed by atoms with Gasteiger partial charge in [-0.25, -0.2) is 0 Å². The highest BCUT2D eigenvalue weighted by atomic mass is 15.0. The smallest absolute Gasteiger partial charge is 0.0677 e. The molecule has 4 aromatic heterocycles. The van der Waals surface area contributed by atoms with Crippen LogP contribution in [-0.4, -0.2) is 19.1 Å². The fraction of sp³-hybridized carbons (Fsp3) is 0.267. The van der Waals surface area contributed by atoms with Crippen LogP contribution < -0.4 is 0 Å². The number of hydrogen-bond acceptors (Lipinski definition) is 2. The largest absolute Gasteiger partial charge is 0.339 e. The van der Waals surface area contributed by atoms with Gasteiger partial charge in [0.25, 0.3) is 0 Å². The summed E-state index contributed by atoms with van der Waals surface area (Å²) in [5.74, 6) is 0. The average Bonchev–Trinajstić information content (AvgIpc) is 3.39. The molecule has 0 radical (unpaired) electrons. The summed E-state index contributed by atoms with van der Waals surface area (Å²) in [7, 11) is 0. The average molecular weight is 447 g/mol. The fourth-order valence-electron chi connectivity index (χ4n) is 5.52. The minimum absolute atomic E-state index is 1.06. The minimum atomic E-state index is 1.06. The maximum Gasteiger partial charge on any atom is 0.0677 e. The molecule has 0 aliphatic carbocycles. The summed E-state index contributed by atoms with van der Waals surface area (Å²) in [5.41, 5.74) is 5.16. The maximum absolute atomic E-state index is 4.38. The number of fused-ring (bicyclic) bond motifs is 6. The number of aromatic nitrogens is 4. The number of unbranched alkanes of at least 4 members (excludes halogenated alkanes) is 5. The first kappa shape index (κ1) is 20.9. The lowest BCUT2D eigenvalue weighted by molar-refractivity contribution is 0.545. The molecule has 0 unspecified atom stereocenters. The number of hydrogen-bond donors (Lipinski definition) is 0. The molecule has 4 heterocycles. The fourth-order valence-corrected chi connectivity index (χ4v) is 5.52. The third-order valence-electron chi connectivity index (χ3n) is 7.17. The second-order valence-electron chi connectivity index (χ2n) is 9.24. The van der Waals surface area contributed by atoms with Crippen LogP contribution in [0.15, 0.2) is 85.5 Å². The van der Waals surface area contributed by atoms with E-state index in [2.05, 4.69) is 79.8 Å². The molecule has 0 spiro atoms. The van der Waals surface area contributed by atoms with Crippen molar-refractivity contribution in [3.63, 3.8) is 0 Å². The molecule has 0 fully saturated rings. The van der Waals surface area contributed by atoms with Crippen molar-refractivity contribution in [1.82, 2.24) is 19.1 Å². The van der Waals surface area contributed by atoms with Crippen LogP contribution in [0.2, 0.25) is 0 Å². The van der Waals surface area contributed by atoms with E-state index in [4.69, 9.17) is 0 Å². The molecule has 34 heavy (non-hydrogen) atoms. The minimum Gasteiger partial charge on any atom is -0.339 e. The maximum atomic E-state index is 4.38. The zero-order valence-electron chi connectivity index (χ0n) is 19.5. The topological polar surface area (TPSA) is 35.6 Å². The van der Waals surface area contributed by atoms with Gasteiger partial charge in [-0.05, 0) is 37.1 Å². The van der Waals surface area contributed by atoms with Crippen LogP contribution in [0.3, 0.4) is 0 Å². The van der Waals surface area contributed by atoms with E-state index >= 15 is 0 Å². The molecular formula is C30H30N4. The Morgan fingerprint density at radius 3 is 1.35 bits per heavy atom. The molecule has 0 aliphatic heterocycles. The van der Waals surface area contributed by atoms with E-state index in [0.717, 1.165) is 13.1 Å². The van der Waals surface area contributed by atoms with E-state index in [-0.39, 0.29) is 0 Å². The van der Waals surface area contributed by atoms with Crippen LogP contribution in [0.5, 0.6) is 0 Å². The molecule has 4 heteroatoms. The summed E-state index contributed by atoms with van der Waals surface area (Å²) in [6.07, 6.45) is 15.4. The van der Waals surface area contributed by atoms with Crippen LogP contribution >= 0.6 is 0 Å². The summed E-state index contributed by atoms with van der Waals surface area (Å²) < 4.78 is 4.90. The van der Waals surface area contributed by atoms with Gasteiger partial charge in [0, 0.05) is 58.1 Å². The van der Waals surface area contributed by atoms with Gasteiger partial charge < -0.3 is 9.13 Å². The molecule has 4 nitrogen and oxygen atoms in total. The lowest BCUT2D eigenvalue weighted by Crippen LogP contribution is -1.99. The highest BCUT2D eigenvalue weighted by Gasteiger charge is 2.10. The van der Waals surface area contributed by atoms with Crippen LogP contribution in [0.4, 0.5) is 0 Å². The van der Waals surface area contributed by atoms with E-state index in [1.807, 2.05) is 24.8 Å². The molecule has 0 saturated carbocycles. The van der Waals surface area contributed by atoms with Crippen molar-refractivity contribution in [2.45, 2.75) is 51.6 Å². The lowest BCUT2D eigenvalue weighted by Gasteiger charge is -2.08. The standard InChI is InChI=1S/C30H30N4/c1(3-9-19-33-27-13-7-5-11-23(27)25-15-17-31-21-29(25)33)2-4-10-20-34-28-14-8-6-12-24(28)26-16-18-32-22-30(26)34/h5-8,11-18,21-22H,1-4,9-10,19-20H2. The molecule has 170 valence electrons. The molecule has 0 atom stereocenters. The monoisotopic (exact) mass is 446 g/mol. The third-order valence-corrected chi connectivity index (χ3v) is 7.17. The van der Waals surface area contributed by atoms with Crippen molar-refractivity contribution in [1.29, 1.82) is 0 Å². The molecule has 6 aromatic rings.